The molecule has 18 heavy (non-hydrogen) atoms. The molecule has 0 atom stereocenters. The van der Waals surface area contributed by atoms with Gasteiger partial charge in [-0.2, -0.15) is 0 Å². The van der Waals surface area contributed by atoms with Crippen molar-refractivity contribution in [3.8, 4) is 0 Å². The van der Waals surface area contributed by atoms with Crippen molar-refractivity contribution >= 4 is 17.3 Å². The summed E-state index contributed by atoms with van der Waals surface area (Å²) in [6.45, 7) is 9.43. The molecule has 0 aliphatic rings. The average Bonchev–Trinajstić information content (AvgIpc) is 2.27. The Labute approximate surface area is 108 Å². The lowest BCUT2D eigenvalue weighted by Gasteiger charge is -2.26. The molecule has 1 aromatic rings. The van der Waals surface area contributed by atoms with Crippen molar-refractivity contribution in [3.63, 3.8) is 0 Å². The van der Waals surface area contributed by atoms with Crippen LogP contribution in [0.5, 0.6) is 0 Å². The van der Waals surface area contributed by atoms with E-state index in [1.807, 2.05) is 32.6 Å². The Balaban J connectivity index is 3.04. The molecule has 0 bridgehead atoms. The normalized spacial score (nSPS) is 11.4. The minimum absolute atomic E-state index is 0.0688. The van der Waals surface area contributed by atoms with Gasteiger partial charge >= 0.3 is 0 Å². The second-order valence-electron chi connectivity index (χ2n) is 5.14. The van der Waals surface area contributed by atoms with Crippen molar-refractivity contribution in [2.24, 2.45) is 0 Å². The van der Waals surface area contributed by atoms with Crippen LogP contribution in [0, 0.1) is 0 Å². The molecular weight excluding hydrogens is 230 g/mol. The second kappa shape index (κ2) is 5.86. The molecule has 1 rings (SSSR count). The number of hydrogen-bond acceptors (Lipinski definition) is 6. The Morgan fingerprint density at radius 2 is 2.06 bits per heavy atom. The maximum absolute atomic E-state index is 9.03. The first kappa shape index (κ1) is 14.5. The van der Waals surface area contributed by atoms with Gasteiger partial charge in [0.1, 0.15) is 12.0 Å². The van der Waals surface area contributed by atoms with Crippen molar-refractivity contribution in [2.75, 3.05) is 35.6 Å². The van der Waals surface area contributed by atoms with Gasteiger partial charge in [-0.15, -0.1) is 0 Å². The summed E-state index contributed by atoms with van der Waals surface area (Å²) in [5, 5.41) is 12.3. The summed E-state index contributed by atoms with van der Waals surface area (Å²) in [5.74, 6) is 1.29. The molecule has 0 aromatic carbocycles. The first-order chi connectivity index (χ1) is 8.39. The van der Waals surface area contributed by atoms with Gasteiger partial charge in [0.2, 0.25) is 0 Å². The van der Waals surface area contributed by atoms with E-state index in [0.29, 0.717) is 23.9 Å². The smallest absolute Gasteiger partial charge is 0.157 e. The molecule has 102 valence electrons. The molecule has 0 aliphatic heterocycles. The number of nitrogens with zero attached hydrogens (tertiary/aromatic N) is 3. The van der Waals surface area contributed by atoms with E-state index in [9.17, 15) is 0 Å². The third kappa shape index (κ3) is 3.73. The van der Waals surface area contributed by atoms with Gasteiger partial charge in [-0.05, 0) is 27.7 Å². The van der Waals surface area contributed by atoms with Gasteiger partial charge < -0.3 is 21.1 Å². The first-order valence-corrected chi connectivity index (χ1v) is 6.13. The van der Waals surface area contributed by atoms with E-state index in [1.54, 1.807) is 0 Å². The highest BCUT2D eigenvalue weighted by molar-refractivity contribution is 5.75. The Morgan fingerprint density at radius 3 is 2.56 bits per heavy atom. The van der Waals surface area contributed by atoms with Gasteiger partial charge in [0, 0.05) is 18.6 Å². The number of aromatic nitrogens is 2. The molecule has 0 aliphatic carbocycles. The molecular formula is C12H23N5O. The van der Waals surface area contributed by atoms with Crippen LogP contribution in [-0.4, -0.2) is 40.3 Å². The van der Waals surface area contributed by atoms with Crippen molar-refractivity contribution in [1.29, 1.82) is 0 Å². The molecule has 0 amide bonds. The van der Waals surface area contributed by atoms with Gasteiger partial charge in [-0.1, -0.05) is 0 Å². The van der Waals surface area contributed by atoms with E-state index in [1.165, 1.54) is 6.33 Å². The SMILES string of the molecule is CCN(CCO)c1ncnc(NC(C)(C)C)c1N. The number of nitrogens with one attached hydrogen (secondary N) is 1. The zero-order valence-electron chi connectivity index (χ0n) is 11.6. The Bertz CT molecular complexity index is 389. The lowest BCUT2D eigenvalue weighted by molar-refractivity contribution is 0.302. The molecule has 0 saturated heterocycles. The molecule has 6 heteroatoms. The highest BCUT2D eigenvalue weighted by Crippen LogP contribution is 2.27. The van der Waals surface area contributed by atoms with Gasteiger partial charge in [-0.25, -0.2) is 9.97 Å². The van der Waals surface area contributed by atoms with Crippen LogP contribution in [-0.2, 0) is 0 Å². The Hall–Kier alpha value is -1.56. The summed E-state index contributed by atoms with van der Waals surface area (Å²) in [6, 6.07) is 0. The fourth-order valence-electron chi connectivity index (χ4n) is 1.63. The number of aliphatic hydroxyl groups is 1. The zero-order chi connectivity index (χ0) is 13.8. The highest BCUT2D eigenvalue weighted by atomic mass is 16.3. The van der Waals surface area contributed by atoms with Gasteiger partial charge in [0.25, 0.3) is 0 Å². The second-order valence-corrected chi connectivity index (χ2v) is 5.14. The predicted molar refractivity (Wildman–Crippen MR) is 74.8 cm³/mol. The number of aliphatic hydroxyl groups excluding tert-OH is 1. The number of likely N-dealkylation sites (N-methyl/N-ethyl adjacent to an activating group) is 1. The van der Waals surface area contributed by atoms with Crippen molar-refractivity contribution in [1.82, 2.24) is 9.97 Å². The summed E-state index contributed by atoms with van der Waals surface area (Å²) in [5.41, 5.74) is 6.49. The van der Waals surface area contributed by atoms with Crippen LogP contribution in [0.3, 0.4) is 0 Å². The molecule has 1 aromatic heterocycles. The molecule has 0 spiro atoms. The Kier molecular flexibility index (Phi) is 4.72. The summed E-state index contributed by atoms with van der Waals surface area (Å²) in [7, 11) is 0. The van der Waals surface area contributed by atoms with E-state index in [-0.39, 0.29) is 12.1 Å². The minimum Gasteiger partial charge on any atom is -0.395 e. The highest BCUT2D eigenvalue weighted by Gasteiger charge is 2.17. The van der Waals surface area contributed by atoms with Crippen LogP contribution in [0.4, 0.5) is 17.3 Å². The van der Waals surface area contributed by atoms with Crippen LogP contribution < -0.4 is 16.0 Å². The van der Waals surface area contributed by atoms with Crippen molar-refractivity contribution in [2.45, 2.75) is 33.2 Å². The molecule has 0 unspecified atom stereocenters. The largest absolute Gasteiger partial charge is 0.395 e. The number of nitrogen functional groups attached to an aromatic ring is 1. The third-order valence-corrected chi connectivity index (χ3v) is 2.41. The van der Waals surface area contributed by atoms with Gasteiger partial charge in [-0.3, -0.25) is 0 Å². The van der Waals surface area contributed by atoms with Gasteiger partial charge in [0.05, 0.1) is 6.61 Å². The van der Waals surface area contributed by atoms with Gasteiger partial charge in [0.15, 0.2) is 11.6 Å². The quantitative estimate of drug-likeness (QED) is 0.728. The standard InChI is InChI=1S/C12H23N5O/c1-5-17(6-7-18)11-9(13)10(14-8-15-11)16-12(2,3)4/h8,18H,5-7,13H2,1-4H3,(H,14,15,16). The van der Waals surface area contributed by atoms with Crippen molar-refractivity contribution < 1.29 is 5.11 Å². The number of rotatable bonds is 5. The van der Waals surface area contributed by atoms with Crippen LogP contribution >= 0.6 is 0 Å². The fraction of sp³-hybridized carbons (Fsp3) is 0.667. The maximum atomic E-state index is 9.03. The van der Waals surface area contributed by atoms with E-state index in [2.05, 4.69) is 15.3 Å². The van der Waals surface area contributed by atoms with E-state index >= 15 is 0 Å². The van der Waals surface area contributed by atoms with Crippen LogP contribution in [0.2, 0.25) is 0 Å². The summed E-state index contributed by atoms with van der Waals surface area (Å²) < 4.78 is 0. The zero-order valence-corrected chi connectivity index (χ0v) is 11.6. The summed E-state index contributed by atoms with van der Waals surface area (Å²) in [6.07, 6.45) is 1.49. The van der Waals surface area contributed by atoms with Crippen LogP contribution in [0.25, 0.3) is 0 Å². The maximum Gasteiger partial charge on any atom is 0.157 e. The van der Waals surface area contributed by atoms with Crippen LogP contribution in [0.1, 0.15) is 27.7 Å². The monoisotopic (exact) mass is 253 g/mol. The Morgan fingerprint density at radius 1 is 1.39 bits per heavy atom. The lowest BCUT2D eigenvalue weighted by atomic mass is 10.1. The lowest BCUT2D eigenvalue weighted by Crippen LogP contribution is -2.30. The van der Waals surface area contributed by atoms with Crippen LogP contribution in [0.15, 0.2) is 6.33 Å². The van der Waals surface area contributed by atoms with E-state index in [4.69, 9.17) is 10.8 Å². The number of hydrogen-bond donors (Lipinski definition) is 3. The molecule has 6 nitrogen and oxygen atoms in total. The summed E-state index contributed by atoms with van der Waals surface area (Å²) in [4.78, 5) is 10.3. The topological polar surface area (TPSA) is 87.3 Å². The summed E-state index contributed by atoms with van der Waals surface area (Å²) >= 11 is 0. The number of anilines is 3. The first-order valence-electron chi connectivity index (χ1n) is 6.13. The third-order valence-electron chi connectivity index (χ3n) is 2.41. The molecule has 0 radical (unpaired) electrons. The fourth-order valence-corrected chi connectivity index (χ4v) is 1.63. The molecule has 4 N–H and O–H groups in total. The molecule has 1 heterocycles. The van der Waals surface area contributed by atoms with Crippen molar-refractivity contribution in [3.05, 3.63) is 6.33 Å². The molecule has 0 saturated carbocycles. The average molecular weight is 253 g/mol. The van der Waals surface area contributed by atoms with E-state index < -0.39 is 0 Å². The number of nitrogens with two attached hydrogens (primary N) is 1. The predicted octanol–water partition coefficient (Wildman–Crippen LogP) is 1.09. The van der Waals surface area contributed by atoms with E-state index in [0.717, 1.165) is 6.54 Å². The minimum atomic E-state index is -0.117. The molecule has 0 fully saturated rings.